The van der Waals surface area contributed by atoms with E-state index in [0.717, 1.165) is 18.6 Å². The first-order chi connectivity index (χ1) is 7.71. The number of benzene rings is 1. The predicted molar refractivity (Wildman–Crippen MR) is 70.1 cm³/mol. The average molecular weight is 220 g/mol. The summed E-state index contributed by atoms with van der Waals surface area (Å²) in [5.41, 5.74) is 1.40. The molecule has 0 spiro atoms. The van der Waals surface area contributed by atoms with E-state index in [1.54, 1.807) is 0 Å². The Morgan fingerprint density at radius 1 is 0.938 bits per heavy atom. The summed E-state index contributed by atoms with van der Waals surface area (Å²) >= 11 is 0. The van der Waals surface area contributed by atoms with Crippen LogP contribution >= 0.6 is 0 Å². The summed E-state index contributed by atoms with van der Waals surface area (Å²) in [4.78, 5) is 0. The molecule has 0 aliphatic carbocycles. The topological polar surface area (TPSA) is 9.23 Å². The maximum Gasteiger partial charge on any atom is 0.119 e. The van der Waals surface area contributed by atoms with E-state index in [0.29, 0.717) is 12.0 Å². The smallest absolute Gasteiger partial charge is 0.119 e. The van der Waals surface area contributed by atoms with E-state index in [9.17, 15) is 0 Å². The van der Waals surface area contributed by atoms with Crippen molar-refractivity contribution < 1.29 is 4.74 Å². The van der Waals surface area contributed by atoms with Crippen molar-refractivity contribution in [1.82, 2.24) is 0 Å². The van der Waals surface area contributed by atoms with Gasteiger partial charge in [0.25, 0.3) is 0 Å². The number of hydrogen-bond acceptors (Lipinski definition) is 1. The molecule has 1 atom stereocenters. The number of rotatable bonds is 6. The molecule has 1 heteroatoms. The SMILES string of the molecule is CCC(CC)Oc1ccc(C(C)CC)cc1. The molecule has 0 aliphatic rings. The summed E-state index contributed by atoms with van der Waals surface area (Å²) in [5.74, 6) is 1.64. The molecule has 0 aromatic heterocycles. The molecule has 0 heterocycles. The fraction of sp³-hybridized carbons (Fsp3) is 0.600. The Morgan fingerprint density at radius 3 is 1.94 bits per heavy atom. The van der Waals surface area contributed by atoms with Gasteiger partial charge in [-0.25, -0.2) is 0 Å². The minimum absolute atomic E-state index is 0.356. The van der Waals surface area contributed by atoms with Crippen LogP contribution in [0.3, 0.4) is 0 Å². The Balaban J connectivity index is 2.64. The van der Waals surface area contributed by atoms with Crippen LogP contribution in [0.2, 0.25) is 0 Å². The van der Waals surface area contributed by atoms with E-state index in [-0.39, 0.29) is 0 Å². The molecule has 0 aliphatic heterocycles. The Hall–Kier alpha value is -0.980. The van der Waals surface area contributed by atoms with Crippen LogP contribution in [0.5, 0.6) is 5.75 Å². The number of hydrogen-bond donors (Lipinski definition) is 0. The van der Waals surface area contributed by atoms with Gasteiger partial charge < -0.3 is 4.74 Å². The predicted octanol–water partition coefficient (Wildman–Crippen LogP) is 4.77. The molecule has 1 nitrogen and oxygen atoms in total. The third-order valence-electron chi connectivity index (χ3n) is 3.27. The van der Waals surface area contributed by atoms with Gasteiger partial charge in [-0.3, -0.25) is 0 Å². The monoisotopic (exact) mass is 220 g/mol. The van der Waals surface area contributed by atoms with Gasteiger partial charge in [-0.15, -0.1) is 0 Å². The quantitative estimate of drug-likeness (QED) is 0.671. The van der Waals surface area contributed by atoms with Gasteiger partial charge in [0, 0.05) is 0 Å². The van der Waals surface area contributed by atoms with Gasteiger partial charge in [-0.2, -0.15) is 0 Å². The summed E-state index contributed by atoms with van der Waals surface area (Å²) < 4.78 is 5.88. The largest absolute Gasteiger partial charge is 0.490 e. The highest BCUT2D eigenvalue weighted by Gasteiger charge is 2.06. The van der Waals surface area contributed by atoms with Crippen molar-refractivity contribution in [1.29, 1.82) is 0 Å². The summed E-state index contributed by atoms with van der Waals surface area (Å²) in [6.07, 6.45) is 3.69. The standard InChI is InChI=1S/C15H24O/c1-5-12(4)13-8-10-15(11-9-13)16-14(6-2)7-3/h8-12,14H,5-7H2,1-4H3. The molecular weight excluding hydrogens is 196 g/mol. The van der Waals surface area contributed by atoms with Gasteiger partial charge in [-0.05, 0) is 42.9 Å². The van der Waals surface area contributed by atoms with Crippen molar-refractivity contribution >= 4 is 0 Å². The van der Waals surface area contributed by atoms with Crippen molar-refractivity contribution in [2.45, 2.75) is 59.0 Å². The minimum atomic E-state index is 0.356. The lowest BCUT2D eigenvalue weighted by Crippen LogP contribution is -2.13. The highest BCUT2D eigenvalue weighted by molar-refractivity contribution is 5.29. The lowest BCUT2D eigenvalue weighted by molar-refractivity contribution is 0.193. The summed E-state index contributed by atoms with van der Waals surface area (Å²) in [5, 5.41) is 0. The summed E-state index contributed by atoms with van der Waals surface area (Å²) in [6.45, 7) is 8.82. The van der Waals surface area contributed by atoms with Crippen molar-refractivity contribution in [3.05, 3.63) is 29.8 Å². The van der Waals surface area contributed by atoms with Crippen LogP contribution in [-0.2, 0) is 0 Å². The lowest BCUT2D eigenvalue weighted by Gasteiger charge is -2.16. The molecule has 1 rings (SSSR count). The van der Waals surface area contributed by atoms with E-state index >= 15 is 0 Å². The zero-order valence-electron chi connectivity index (χ0n) is 11.0. The van der Waals surface area contributed by atoms with Gasteiger partial charge in [0.05, 0.1) is 6.10 Å². The van der Waals surface area contributed by atoms with Crippen LogP contribution in [-0.4, -0.2) is 6.10 Å². The molecule has 0 radical (unpaired) electrons. The molecule has 1 aromatic rings. The van der Waals surface area contributed by atoms with Crippen LogP contribution < -0.4 is 4.74 Å². The first kappa shape index (κ1) is 13.1. The highest BCUT2D eigenvalue weighted by atomic mass is 16.5. The molecule has 0 N–H and O–H groups in total. The second-order valence-corrected chi connectivity index (χ2v) is 4.43. The zero-order valence-corrected chi connectivity index (χ0v) is 11.0. The fourth-order valence-corrected chi connectivity index (χ4v) is 1.76. The molecule has 0 amide bonds. The second-order valence-electron chi connectivity index (χ2n) is 4.43. The molecular formula is C15H24O. The Morgan fingerprint density at radius 2 is 1.50 bits per heavy atom. The fourth-order valence-electron chi connectivity index (χ4n) is 1.76. The van der Waals surface area contributed by atoms with E-state index in [1.807, 2.05) is 0 Å². The van der Waals surface area contributed by atoms with Crippen molar-refractivity contribution in [3.63, 3.8) is 0 Å². The van der Waals surface area contributed by atoms with E-state index in [2.05, 4.69) is 52.0 Å². The first-order valence-corrected chi connectivity index (χ1v) is 6.47. The summed E-state index contributed by atoms with van der Waals surface area (Å²) in [7, 11) is 0. The van der Waals surface area contributed by atoms with Crippen LogP contribution in [0.15, 0.2) is 24.3 Å². The van der Waals surface area contributed by atoms with Gasteiger partial charge in [0.1, 0.15) is 5.75 Å². The third kappa shape index (κ3) is 3.55. The van der Waals surface area contributed by atoms with Crippen LogP contribution in [0.25, 0.3) is 0 Å². The van der Waals surface area contributed by atoms with Crippen molar-refractivity contribution in [3.8, 4) is 5.75 Å². The third-order valence-corrected chi connectivity index (χ3v) is 3.27. The molecule has 90 valence electrons. The molecule has 0 fully saturated rings. The number of ether oxygens (including phenoxy) is 1. The Kier molecular flexibility index (Phi) is 5.37. The Bertz CT molecular complexity index is 285. The van der Waals surface area contributed by atoms with Crippen molar-refractivity contribution in [2.24, 2.45) is 0 Å². The first-order valence-electron chi connectivity index (χ1n) is 6.47. The maximum atomic E-state index is 5.88. The highest BCUT2D eigenvalue weighted by Crippen LogP contribution is 2.22. The van der Waals surface area contributed by atoms with E-state index in [4.69, 9.17) is 4.74 Å². The van der Waals surface area contributed by atoms with Gasteiger partial charge in [0.2, 0.25) is 0 Å². The van der Waals surface area contributed by atoms with Crippen LogP contribution in [0.1, 0.15) is 58.4 Å². The van der Waals surface area contributed by atoms with Gasteiger partial charge in [0.15, 0.2) is 0 Å². The van der Waals surface area contributed by atoms with E-state index < -0.39 is 0 Å². The molecule has 0 saturated heterocycles. The van der Waals surface area contributed by atoms with Crippen LogP contribution in [0.4, 0.5) is 0 Å². The molecule has 16 heavy (non-hydrogen) atoms. The van der Waals surface area contributed by atoms with Crippen molar-refractivity contribution in [2.75, 3.05) is 0 Å². The molecule has 0 bridgehead atoms. The average Bonchev–Trinajstić information content (AvgIpc) is 2.35. The molecule has 1 aromatic carbocycles. The van der Waals surface area contributed by atoms with Gasteiger partial charge >= 0.3 is 0 Å². The normalized spacial score (nSPS) is 12.8. The molecule has 0 saturated carbocycles. The lowest BCUT2D eigenvalue weighted by atomic mass is 9.99. The zero-order chi connectivity index (χ0) is 12.0. The maximum absolute atomic E-state index is 5.88. The Labute approximate surface area is 99.8 Å². The molecule has 1 unspecified atom stereocenters. The van der Waals surface area contributed by atoms with E-state index in [1.165, 1.54) is 12.0 Å². The minimum Gasteiger partial charge on any atom is -0.490 e. The van der Waals surface area contributed by atoms with Gasteiger partial charge in [-0.1, -0.05) is 39.8 Å². The second kappa shape index (κ2) is 6.57. The van der Waals surface area contributed by atoms with Crippen LogP contribution in [0, 0.1) is 0 Å². The summed E-state index contributed by atoms with van der Waals surface area (Å²) in [6, 6.07) is 8.57.